The van der Waals surface area contributed by atoms with Gasteiger partial charge >= 0.3 is 0 Å². The zero-order chi connectivity index (χ0) is 15.9. The Kier molecular flexibility index (Phi) is 3.93. The number of alkyl halides is 1. The largest absolute Gasteiger partial charge is 0.455 e. The number of benzene rings is 2. The molecule has 1 aromatic heterocycles. The average Bonchev–Trinajstić information content (AvgIpc) is 3.20. The number of hydrogen-bond acceptors (Lipinski definition) is 3. The third-order valence-electron chi connectivity index (χ3n) is 3.95. The smallest absolute Gasteiger partial charge is 0.256 e. The summed E-state index contributed by atoms with van der Waals surface area (Å²) in [7, 11) is 0. The van der Waals surface area contributed by atoms with Crippen molar-refractivity contribution >= 4 is 38.5 Å². The van der Waals surface area contributed by atoms with E-state index in [9.17, 15) is 0 Å². The molecule has 0 aliphatic carbocycles. The molecule has 2 heterocycles. The van der Waals surface area contributed by atoms with Crippen LogP contribution in [0.5, 0.6) is 0 Å². The Morgan fingerprint density at radius 3 is 2.61 bits per heavy atom. The molecule has 23 heavy (non-hydrogen) atoms. The van der Waals surface area contributed by atoms with Gasteiger partial charge in [0.15, 0.2) is 5.76 Å². The van der Waals surface area contributed by atoms with E-state index in [-0.39, 0.29) is 6.10 Å². The maximum absolute atomic E-state index is 6.23. The molecule has 5 heteroatoms. The molecule has 0 amide bonds. The van der Waals surface area contributed by atoms with Crippen molar-refractivity contribution in [2.45, 2.75) is 11.9 Å². The van der Waals surface area contributed by atoms with Gasteiger partial charge in [0, 0.05) is 21.3 Å². The summed E-state index contributed by atoms with van der Waals surface area (Å²) >= 11 is 9.48. The molecule has 4 rings (SSSR count). The fourth-order valence-corrected chi connectivity index (χ4v) is 3.27. The van der Waals surface area contributed by atoms with E-state index in [1.807, 2.05) is 54.6 Å². The lowest BCUT2D eigenvalue weighted by Crippen LogP contribution is -2.29. The van der Waals surface area contributed by atoms with Crippen LogP contribution in [-0.4, -0.2) is 18.0 Å². The second kappa shape index (κ2) is 5.95. The van der Waals surface area contributed by atoms with E-state index in [1.54, 1.807) is 0 Å². The molecule has 0 bridgehead atoms. The summed E-state index contributed by atoms with van der Waals surface area (Å²) in [5, 5.41) is 2.39. The van der Waals surface area contributed by atoms with Crippen LogP contribution in [0.3, 0.4) is 0 Å². The minimum absolute atomic E-state index is 0.0427. The number of para-hydroxylation sites is 1. The number of rotatable bonds is 3. The fourth-order valence-electron chi connectivity index (χ4n) is 2.83. The predicted molar refractivity (Wildman–Crippen MR) is 93.1 cm³/mol. The van der Waals surface area contributed by atoms with Gasteiger partial charge in [0.2, 0.25) is 0 Å². The molecule has 1 aliphatic heterocycles. The summed E-state index contributed by atoms with van der Waals surface area (Å²) in [4.78, 5) is 0. The molecule has 0 radical (unpaired) electrons. The number of hydrogen-bond donors (Lipinski definition) is 0. The lowest BCUT2D eigenvalue weighted by molar-refractivity contribution is -0.152. The maximum atomic E-state index is 6.23. The molecule has 0 saturated carbocycles. The molecule has 2 atom stereocenters. The Labute approximate surface area is 147 Å². The van der Waals surface area contributed by atoms with E-state index >= 15 is 0 Å². The first kappa shape index (κ1) is 15.2. The van der Waals surface area contributed by atoms with E-state index in [0.29, 0.717) is 22.7 Å². The van der Waals surface area contributed by atoms with Crippen molar-refractivity contribution < 1.29 is 13.9 Å². The van der Waals surface area contributed by atoms with Gasteiger partial charge in [0.1, 0.15) is 5.58 Å². The summed E-state index contributed by atoms with van der Waals surface area (Å²) in [6.45, 7) is 0.491. The van der Waals surface area contributed by atoms with Crippen molar-refractivity contribution in [2.24, 2.45) is 0 Å². The van der Waals surface area contributed by atoms with Gasteiger partial charge in [0.05, 0.1) is 12.7 Å². The van der Waals surface area contributed by atoms with Gasteiger partial charge < -0.3 is 13.9 Å². The lowest BCUT2D eigenvalue weighted by Gasteiger charge is -2.26. The summed E-state index contributed by atoms with van der Waals surface area (Å²) < 4.78 is 18.4. The van der Waals surface area contributed by atoms with Crippen LogP contribution in [-0.2, 0) is 15.3 Å². The molecule has 0 N–H and O–H groups in total. The summed E-state index contributed by atoms with van der Waals surface area (Å²) in [5.74, 6) is -0.397. The SMILES string of the molecule is Clc1ccc(C2(c3cc4ccccc4o3)OCC(CBr)O2)cc1. The Hall–Kier alpha value is -1.33. The van der Waals surface area contributed by atoms with E-state index in [1.165, 1.54) is 0 Å². The van der Waals surface area contributed by atoms with Gasteiger partial charge in [-0.25, -0.2) is 0 Å². The van der Waals surface area contributed by atoms with Gasteiger partial charge in [0.25, 0.3) is 5.79 Å². The summed E-state index contributed by atoms with van der Waals surface area (Å²) in [5.41, 5.74) is 1.68. The van der Waals surface area contributed by atoms with E-state index in [4.69, 9.17) is 25.5 Å². The number of fused-ring (bicyclic) bond motifs is 1. The second-order valence-corrected chi connectivity index (χ2v) is 6.56. The van der Waals surface area contributed by atoms with Crippen LogP contribution in [0, 0.1) is 0 Å². The average molecular weight is 394 g/mol. The van der Waals surface area contributed by atoms with Crippen molar-refractivity contribution in [1.29, 1.82) is 0 Å². The van der Waals surface area contributed by atoms with E-state index in [2.05, 4.69) is 15.9 Å². The predicted octanol–water partition coefficient (Wildman–Crippen LogP) is 5.10. The van der Waals surface area contributed by atoms with Crippen molar-refractivity contribution in [3.63, 3.8) is 0 Å². The van der Waals surface area contributed by atoms with Gasteiger partial charge in [-0.1, -0.05) is 57.9 Å². The van der Waals surface area contributed by atoms with E-state index in [0.717, 1.165) is 16.5 Å². The van der Waals surface area contributed by atoms with Crippen molar-refractivity contribution in [3.8, 4) is 0 Å². The molecule has 0 spiro atoms. The minimum atomic E-state index is -1.04. The number of halogens is 2. The van der Waals surface area contributed by atoms with Crippen molar-refractivity contribution in [2.75, 3.05) is 11.9 Å². The molecular formula is C18H14BrClO3. The quantitative estimate of drug-likeness (QED) is 0.580. The molecule has 2 unspecified atom stereocenters. The number of furan rings is 1. The van der Waals surface area contributed by atoms with Crippen LogP contribution in [0.4, 0.5) is 0 Å². The first-order chi connectivity index (χ1) is 11.2. The van der Waals surface area contributed by atoms with Gasteiger partial charge in [-0.05, 0) is 24.3 Å². The van der Waals surface area contributed by atoms with Crippen LogP contribution < -0.4 is 0 Å². The first-order valence-corrected chi connectivity index (χ1v) is 8.84. The van der Waals surface area contributed by atoms with Crippen LogP contribution in [0.25, 0.3) is 11.0 Å². The summed E-state index contributed by atoms with van der Waals surface area (Å²) in [6, 6.07) is 17.3. The topological polar surface area (TPSA) is 31.6 Å². The third kappa shape index (κ3) is 2.60. The highest BCUT2D eigenvalue weighted by Gasteiger charge is 2.47. The first-order valence-electron chi connectivity index (χ1n) is 7.34. The van der Waals surface area contributed by atoms with Crippen molar-refractivity contribution in [1.82, 2.24) is 0 Å². The lowest BCUT2D eigenvalue weighted by atomic mass is 10.0. The van der Waals surface area contributed by atoms with Gasteiger partial charge in [-0.2, -0.15) is 0 Å². The Bertz CT molecular complexity index is 797. The monoisotopic (exact) mass is 392 g/mol. The zero-order valence-corrected chi connectivity index (χ0v) is 14.5. The normalized spacial score (nSPS) is 24.3. The summed E-state index contributed by atoms with van der Waals surface area (Å²) in [6.07, 6.45) is -0.0427. The molecule has 1 saturated heterocycles. The molecule has 1 fully saturated rings. The molecule has 3 nitrogen and oxygen atoms in total. The zero-order valence-electron chi connectivity index (χ0n) is 12.2. The molecule has 1 aliphatic rings. The standard InChI is InChI=1S/C18H14BrClO3/c19-10-15-11-21-18(23-15,13-5-7-14(20)8-6-13)17-9-12-3-1-2-4-16(12)22-17/h1-9,15H,10-11H2. The van der Waals surface area contributed by atoms with Crippen LogP contribution in [0.2, 0.25) is 5.02 Å². The molecular weight excluding hydrogens is 380 g/mol. The van der Waals surface area contributed by atoms with Gasteiger partial charge in [-0.3, -0.25) is 0 Å². The second-order valence-electron chi connectivity index (χ2n) is 5.48. The van der Waals surface area contributed by atoms with Crippen molar-refractivity contribution in [3.05, 3.63) is 70.9 Å². The Balaban J connectivity index is 1.86. The van der Waals surface area contributed by atoms with Gasteiger partial charge in [-0.15, -0.1) is 0 Å². The van der Waals surface area contributed by atoms with E-state index < -0.39 is 5.79 Å². The minimum Gasteiger partial charge on any atom is -0.455 e. The Morgan fingerprint density at radius 2 is 1.91 bits per heavy atom. The van der Waals surface area contributed by atoms with Crippen LogP contribution in [0.1, 0.15) is 11.3 Å². The Morgan fingerprint density at radius 1 is 1.13 bits per heavy atom. The third-order valence-corrected chi connectivity index (χ3v) is 4.93. The highest BCUT2D eigenvalue weighted by molar-refractivity contribution is 9.09. The fraction of sp³-hybridized carbons (Fsp3) is 0.222. The molecule has 118 valence electrons. The highest BCUT2D eigenvalue weighted by Crippen LogP contribution is 2.43. The maximum Gasteiger partial charge on any atom is 0.256 e. The molecule has 2 aromatic carbocycles. The number of ether oxygens (including phenoxy) is 2. The van der Waals surface area contributed by atoms with Crippen LogP contribution in [0.15, 0.2) is 59.0 Å². The molecule has 3 aromatic rings. The van der Waals surface area contributed by atoms with Crippen LogP contribution >= 0.6 is 27.5 Å². The highest BCUT2D eigenvalue weighted by atomic mass is 79.9.